The second kappa shape index (κ2) is 8.65. The molecule has 18 heavy (non-hydrogen) atoms. The molecule has 0 heterocycles. The maximum absolute atomic E-state index is 5.89. The van der Waals surface area contributed by atoms with Gasteiger partial charge in [0.25, 0.3) is 0 Å². The molecule has 0 bridgehead atoms. The monoisotopic (exact) mass is 333 g/mol. The van der Waals surface area contributed by atoms with Crippen LogP contribution < -0.4 is 10.5 Å². The predicted molar refractivity (Wildman–Crippen MR) is 82.4 cm³/mol. The van der Waals surface area contributed by atoms with Crippen molar-refractivity contribution in [3.05, 3.63) is 21.6 Å². The van der Waals surface area contributed by atoms with Crippen molar-refractivity contribution in [2.45, 2.75) is 45.4 Å². The molecule has 2 nitrogen and oxygen atoms in total. The van der Waals surface area contributed by atoms with Crippen LogP contribution in [-0.4, -0.2) is 6.61 Å². The quantitative estimate of drug-likeness (QED) is 0.508. The lowest BCUT2D eigenvalue weighted by molar-refractivity contribution is 0.304. The van der Waals surface area contributed by atoms with Crippen LogP contribution in [0.1, 0.15) is 45.4 Å². The molecule has 0 aliphatic carbocycles. The van der Waals surface area contributed by atoms with E-state index in [9.17, 15) is 0 Å². The fraction of sp³-hybridized carbons (Fsp3) is 0.571. The van der Waals surface area contributed by atoms with Crippen LogP contribution in [0.5, 0.6) is 5.75 Å². The minimum absolute atomic E-state index is 0.584. The van der Waals surface area contributed by atoms with E-state index in [0.717, 1.165) is 10.9 Å². The third kappa shape index (κ3) is 5.49. The average Bonchev–Trinajstić information content (AvgIpc) is 2.30. The van der Waals surface area contributed by atoms with Crippen molar-refractivity contribution in [2.24, 2.45) is 0 Å². The summed E-state index contributed by atoms with van der Waals surface area (Å²) in [6, 6.07) is 3.51. The van der Waals surface area contributed by atoms with Crippen molar-refractivity contribution in [1.29, 1.82) is 0 Å². The van der Waals surface area contributed by atoms with E-state index >= 15 is 0 Å². The first-order valence-electron chi connectivity index (χ1n) is 6.52. The largest absolute Gasteiger partial charge is 0.490 e. The number of hydrogen-bond acceptors (Lipinski definition) is 2. The van der Waals surface area contributed by atoms with Crippen LogP contribution in [0.3, 0.4) is 0 Å². The van der Waals surface area contributed by atoms with Gasteiger partial charge in [-0.1, -0.05) is 50.6 Å². The summed E-state index contributed by atoms with van der Waals surface area (Å²) in [5.74, 6) is 0.702. The fourth-order valence-corrected chi connectivity index (χ4v) is 2.74. The highest BCUT2D eigenvalue weighted by atomic mass is 79.9. The van der Waals surface area contributed by atoms with Crippen LogP contribution in [0.2, 0.25) is 5.02 Å². The van der Waals surface area contributed by atoms with Crippen LogP contribution in [-0.2, 0) is 0 Å². The van der Waals surface area contributed by atoms with E-state index in [0.29, 0.717) is 23.1 Å². The molecule has 1 aromatic rings. The maximum Gasteiger partial charge on any atom is 0.156 e. The zero-order chi connectivity index (χ0) is 13.4. The summed E-state index contributed by atoms with van der Waals surface area (Å²) >= 11 is 9.30. The molecule has 0 aliphatic rings. The van der Waals surface area contributed by atoms with Crippen molar-refractivity contribution in [3.8, 4) is 5.75 Å². The molecular weight excluding hydrogens is 314 g/mol. The van der Waals surface area contributed by atoms with Crippen LogP contribution in [0.4, 0.5) is 5.69 Å². The highest BCUT2D eigenvalue weighted by Crippen LogP contribution is 2.34. The first kappa shape index (κ1) is 15.6. The van der Waals surface area contributed by atoms with Gasteiger partial charge in [0.15, 0.2) is 5.75 Å². The number of nitrogens with two attached hydrogens (primary N) is 1. The number of rotatable bonds is 8. The van der Waals surface area contributed by atoms with Crippen molar-refractivity contribution in [1.82, 2.24) is 0 Å². The summed E-state index contributed by atoms with van der Waals surface area (Å²) in [6.45, 7) is 2.93. The Morgan fingerprint density at radius 2 is 1.83 bits per heavy atom. The van der Waals surface area contributed by atoms with Crippen molar-refractivity contribution >= 4 is 33.2 Å². The van der Waals surface area contributed by atoms with Gasteiger partial charge >= 0.3 is 0 Å². The van der Waals surface area contributed by atoms with Gasteiger partial charge in [0, 0.05) is 5.02 Å². The second-order valence-corrected chi connectivity index (χ2v) is 5.71. The molecule has 0 atom stereocenters. The van der Waals surface area contributed by atoms with Gasteiger partial charge in [-0.15, -0.1) is 0 Å². The van der Waals surface area contributed by atoms with Gasteiger partial charge in [0.2, 0.25) is 0 Å². The molecule has 102 valence electrons. The van der Waals surface area contributed by atoms with Crippen molar-refractivity contribution in [3.63, 3.8) is 0 Å². The Labute approximate surface area is 123 Å². The number of nitrogen functional groups attached to an aromatic ring is 1. The Morgan fingerprint density at radius 3 is 2.50 bits per heavy atom. The lowest BCUT2D eigenvalue weighted by Crippen LogP contribution is -2.01. The second-order valence-electron chi connectivity index (χ2n) is 4.42. The standard InChI is InChI=1S/C14H21BrClNO/c1-2-3-4-5-6-7-8-18-14-12(15)9-11(16)10-13(14)17/h9-10H,2-8,17H2,1H3. The highest BCUT2D eigenvalue weighted by Gasteiger charge is 2.07. The van der Waals surface area contributed by atoms with Gasteiger partial charge in [0.05, 0.1) is 16.8 Å². The molecule has 1 rings (SSSR count). The Hall–Kier alpha value is -0.410. The normalized spacial score (nSPS) is 10.6. The SMILES string of the molecule is CCCCCCCCOc1c(N)cc(Cl)cc1Br. The number of anilines is 1. The molecule has 0 saturated heterocycles. The predicted octanol–water partition coefficient (Wildman–Crippen LogP) is 5.42. The zero-order valence-electron chi connectivity index (χ0n) is 10.8. The first-order chi connectivity index (χ1) is 8.65. The van der Waals surface area contributed by atoms with Crippen molar-refractivity contribution in [2.75, 3.05) is 12.3 Å². The molecule has 0 unspecified atom stereocenters. The lowest BCUT2D eigenvalue weighted by atomic mass is 10.1. The number of benzene rings is 1. The topological polar surface area (TPSA) is 35.2 Å². The minimum Gasteiger partial charge on any atom is -0.490 e. The molecule has 1 aromatic carbocycles. The maximum atomic E-state index is 5.89. The van der Waals surface area contributed by atoms with E-state index in [1.165, 1.54) is 32.1 Å². The van der Waals surface area contributed by atoms with Gasteiger partial charge in [-0.25, -0.2) is 0 Å². The Kier molecular flexibility index (Phi) is 7.52. The number of ether oxygens (including phenoxy) is 1. The van der Waals surface area contributed by atoms with Crippen LogP contribution >= 0.6 is 27.5 Å². The van der Waals surface area contributed by atoms with Crippen LogP contribution in [0.15, 0.2) is 16.6 Å². The summed E-state index contributed by atoms with van der Waals surface area (Å²) in [5, 5.41) is 0.617. The Balaban J connectivity index is 2.27. The molecule has 0 spiro atoms. The first-order valence-corrected chi connectivity index (χ1v) is 7.69. The van der Waals surface area contributed by atoms with E-state index in [1.807, 2.05) is 0 Å². The molecule has 4 heteroatoms. The molecule has 0 radical (unpaired) electrons. The van der Waals surface area contributed by atoms with Gasteiger partial charge in [-0.2, -0.15) is 0 Å². The van der Waals surface area contributed by atoms with E-state index in [2.05, 4.69) is 22.9 Å². The highest BCUT2D eigenvalue weighted by molar-refractivity contribution is 9.10. The van der Waals surface area contributed by atoms with Gasteiger partial charge in [0.1, 0.15) is 0 Å². The molecule has 0 aliphatic heterocycles. The lowest BCUT2D eigenvalue weighted by Gasteiger charge is -2.11. The average molecular weight is 335 g/mol. The van der Waals surface area contributed by atoms with Crippen molar-refractivity contribution < 1.29 is 4.74 Å². The number of hydrogen-bond donors (Lipinski definition) is 1. The minimum atomic E-state index is 0.584. The van der Waals surface area contributed by atoms with Gasteiger partial charge in [-0.05, 0) is 34.5 Å². The summed E-state index contributed by atoms with van der Waals surface area (Å²) in [4.78, 5) is 0. The Bertz CT molecular complexity index is 348. The molecule has 0 fully saturated rings. The summed E-state index contributed by atoms with van der Waals surface area (Å²) in [7, 11) is 0. The van der Waals surface area contributed by atoms with E-state index in [-0.39, 0.29) is 0 Å². The smallest absolute Gasteiger partial charge is 0.156 e. The molecular formula is C14H21BrClNO. The van der Waals surface area contributed by atoms with Gasteiger partial charge < -0.3 is 10.5 Å². The number of unbranched alkanes of at least 4 members (excludes halogenated alkanes) is 5. The van der Waals surface area contributed by atoms with E-state index < -0.39 is 0 Å². The summed E-state index contributed by atoms with van der Waals surface area (Å²) in [5.41, 5.74) is 6.45. The molecule has 0 amide bonds. The molecule has 2 N–H and O–H groups in total. The van der Waals surface area contributed by atoms with Crippen LogP contribution in [0.25, 0.3) is 0 Å². The zero-order valence-corrected chi connectivity index (χ0v) is 13.2. The third-order valence-corrected chi connectivity index (χ3v) is 3.59. The summed E-state index contributed by atoms with van der Waals surface area (Å²) in [6.07, 6.45) is 7.50. The van der Waals surface area contributed by atoms with Gasteiger partial charge in [-0.3, -0.25) is 0 Å². The molecule has 0 aromatic heterocycles. The van der Waals surface area contributed by atoms with Crippen LogP contribution in [0, 0.1) is 0 Å². The third-order valence-electron chi connectivity index (χ3n) is 2.78. The summed E-state index contributed by atoms with van der Waals surface area (Å²) < 4.78 is 6.52. The fourth-order valence-electron chi connectivity index (χ4n) is 1.79. The number of halogens is 2. The van der Waals surface area contributed by atoms with E-state index in [1.54, 1.807) is 12.1 Å². The Morgan fingerprint density at radius 1 is 1.17 bits per heavy atom. The van der Waals surface area contributed by atoms with E-state index in [4.69, 9.17) is 22.1 Å². The molecule has 0 saturated carbocycles.